The second-order valence-corrected chi connectivity index (χ2v) is 4.14. The lowest BCUT2D eigenvalue weighted by Crippen LogP contribution is -2.09. The zero-order valence-electron chi connectivity index (χ0n) is 8.58. The summed E-state index contributed by atoms with van der Waals surface area (Å²) in [7, 11) is 0. The molecule has 14 heavy (non-hydrogen) atoms. The van der Waals surface area contributed by atoms with E-state index in [9.17, 15) is 0 Å². The van der Waals surface area contributed by atoms with Gasteiger partial charge in [-0.05, 0) is 36.8 Å². The first kappa shape index (κ1) is 9.51. The maximum Gasteiger partial charge on any atom is 0.00157 e. The summed E-state index contributed by atoms with van der Waals surface area (Å²) in [5, 5.41) is 0. The minimum atomic E-state index is 0.232. The molecule has 0 heteroatoms. The molecule has 0 heterocycles. The fourth-order valence-electron chi connectivity index (χ4n) is 1.92. The second kappa shape index (κ2) is 4.00. The number of hydrogen-bond donors (Lipinski definition) is 0. The SMILES string of the molecule is [CH2]C(C=C)c1cccc(C2CCC2)c1. The van der Waals surface area contributed by atoms with Gasteiger partial charge in [0.25, 0.3) is 0 Å². The first-order valence-electron chi connectivity index (χ1n) is 5.37. The van der Waals surface area contributed by atoms with Crippen molar-refractivity contribution in [2.75, 3.05) is 0 Å². The average Bonchev–Trinajstić information content (AvgIpc) is 2.14. The van der Waals surface area contributed by atoms with E-state index in [2.05, 4.69) is 37.8 Å². The van der Waals surface area contributed by atoms with Crippen molar-refractivity contribution in [3.63, 3.8) is 0 Å². The lowest BCUT2D eigenvalue weighted by Gasteiger charge is -2.26. The summed E-state index contributed by atoms with van der Waals surface area (Å²) < 4.78 is 0. The summed E-state index contributed by atoms with van der Waals surface area (Å²) in [6, 6.07) is 8.82. The average molecular weight is 185 g/mol. The molecule has 0 aliphatic heterocycles. The molecule has 1 saturated carbocycles. The maximum atomic E-state index is 4.05. The predicted octanol–water partition coefficient (Wildman–Crippen LogP) is 4.06. The van der Waals surface area contributed by atoms with Crippen molar-refractivity contribution < 1.29 is 0 Å². The second-order valence-electron chi connectivity index (χ2n) is 4.14. The molecule has 0 N–H and O–H groups in total. The van der Waals surface area contributed by atoms with Gasteiger partial charge in [-0.1, -0.05) is 36.8 Å². The van der Waals surface area contributed by atoms with Crippen LogP contribution in [0.4, 0.5) is 0 Å². The fourth-order valence-corrected chi connectivity index (χ4v) is 1.92. The highest BCUT2D eigenvalue weighted by Gasteiger charge is 2.19. The normalized spacial score (nSPS) is 18.6. The van der Waals surface area contributed by atoms with E-state index in [1.54, 1.807) is 0 Å². The molecular formula is C14H17. The van der Waals surface area contributed by atoms with Crippen molar-refractivity contribution in [2.24, 2.45) is 0 Å². The molecule has 0 nitrogen and oxygen atoms in total. The molecule has 1 aliphatic rings. The van der Waals surface area contributed by atoms with E-state index < -0.39 is 0 Å². The summed E-state index contributed by atoms with van der Waals surface area (Å²) >= 11 is 0. The third-order valence-electron chi connectivity index (χ3n) is 3.20. The monoisotopic (exact) mass is 185 g/mol. The molecule has 1 atom stereocenters. The van der Waals surface area contributed by atoms with E-state index in [1.165, 1.54) is 30.4 Å². The Morgan fingerprint density at radius 3 is 2.71 bits per heavy atom. The van der Waals surface area contributed by atoms with Gasteiger partial charge in [-0.25, -0.2) is 0 Å². The van der Waals surface area contributed by atoms with Gasteiger partial charge >= 0.3 is 0 Å². The van der Waals surface area contributed by atoms with Crippen LogP contribution < -0.4 is 0 Å². The molecule has 0 bridgehead atoms. The van der Waals surface area contributed by atoms with Crippen molar-refractivity contribution >= 4 is 0 Å². The lowest BCUT2D eigenvalue weighted by atomic mass is 9.79. The van der Waals surface area contributed by atoms with Gasteiger partial charge in [0.15, 0.2) is 0 Å². The summed E-state index contributed by atoms with van der Waals surface area (Å²) in [6.45, 7) is 7.84. The largest absolute Gasteiger partial charge is 0.102 e. The molecule has 1 aromatic rings. The van der Waals surface area contributed by atoms with Gasteiger partial charge in [-0.2, -0.15) is 0 Å². The molecule has 1 unspecified atom stereocenters. The van der Waals surface area contributed by atoms with Crippen molar-refractivity contribution in [1.29, 1.82) is 0 Å². The Kier molecular flexibility index (Phi) is 2.72. The molecule has 1 aliphatic carbocycles. The minimum absolute atomic E-state index is 0.232. The molecule has 0 aromatic heterocycles. The summed E-state index contributed by atoms with van der Waals surface area (Å²) in [6.07, 6.45) is 6.02. The van der Waals surface area contributed by atoms with Crippen LogP contribution in [0.2, 0.25) is 0 Å². The van der Waals surface area contributed by atoms with Crippen LogP contribution in [0.15, 0.2) is 36.9 Å². The molecule has 73 valence electrons. The van der Waals surface area contributed by atoms with Crippen LogP contribution in [0.1, 0.15) is 42.2 Å². The summed E-state index contributed by atoms with van der Waals surface area (Å²) in [4.78, 5) is 0. The number of benzene rings is 1. The predicted molar refractivity (Wildman–Crippen MR) is 61.3 cm³/mol. The van der Waals surface area contributed by atoms with Gasteiger partial charge in [0, 0.05) is 5.92 Å². The van der Waals surface area contributed by atoms with E-state index in [4.69, 9.17) is 0 Å². The van der Waals surface area contributed by atoms with Gasteiger partial charge in [0.1, 0.15) is 0 Å². The molecule has 1 radical (unpaired) electrons. The molecule has 0 saturated heterocycles. The maximum absolute atomic E-state index is 4.05. The Hall–Kier alpha value is -1.04. The van der Waals surface area contributed by atoms with E-state index in [-0.39, 0.29) is 5.92 Å². The molecule has 2 rings (SSSR count). The van der Waals surface area contributed by atoms with E-state index in [0.29, 0.717) is 0 Å². The highest BCUT2D eigenvalue weighted by Crippen LogP contribution is 2.37. The van der Waals surface area contributed by atoms with E-state index >= 15 is 0 Å². The minimum Gasteiger partial charge on any atom is -0.102 e. The Labute approximate surface area is 86.7 Å². The van der Waals surface area contributed by atoms with Crippen LogP contribution in [-0.2, 0) is 0 Å². The zero-order valence-corrected chi connectivity index (χ0v) is 8.58. The van der Waals surface area contributed by atoms with E-state index in [1.807, 2.05) is 6.08 Å². The molecule has 1 fully saturated rings. The van der Waals surface area contributed by atoms with Crippen LogP contribution in [0, 0.1) is 6.92 Å². The van der Waals surface area contributed by atoms with Crippen LogP contribution in [0.3, 0.4) is 0 Å². The smallest absolute Gasteiger partial charge is 0.00157 e. The third kappa shape index (κ3) is 1.75. The van der Waals surface area contributed by atoms with Crippen molar-refractivity contribution in [1.82, 2.24) is 0 Å². The quantitative estimate of drug-likeness (QED) is 0.623. The number of rotatable bonds is 3. The van der Waals surface area contributed by atoms with Crippen molar-refractivity contribution in [3.8, 4) is 0 Å². The van der Waals surface area contributed by atoms with Gasteiger partial charge < -0.3 is 0 Å². The molecule has 0 spiro atoms. The highest BCUT2D eigenvalue weighted by molar-refractivity contribution is 5.32. The fraction of sp³-hybridized carbons (Fsp3) is 0.357. The standard InChI is InChI=1S/C14H17/c1-3-11(2)13-8-5-9-14(10-13)12-6-4-7-12/h3,5,8-12H,1-2,4,6-7H2. The highest BCUT2D eigenvalue weighted by atomic mass is 14.2. The molecular weight excluding hydrogens is 168 g/mol. The van der Waals surface area contributed by atoms with E-state index in [0.717, 1.165) is 5.92 Å². The Bertz CT molecular complexity index is 321. The first-order valence-corrected chi connectivity index (χ1v) is 5.37. The third-order valence-corrected chi connectivity index (χ3v) is 3.20. The first-order chi connectivity index (χ1) is 6.81. The van der Waals surface area contributed by atoms with Crippen LogP contribution >= 0.6 is 0 Å². The lowest BCUT2D eigenvalue weighted by molar-refractivity contribution is 0.419. The zero-order chi connectivity index (χ0) is 9.97. The van der Waals surface area contributed by atoms with Crippen molar-refractivity contribution in [3.05, 3.63) is 55.0 Å². The topological polar surface area (TPSA) is 0 Å². The Balaban J connectivity index is 2.21. The van der Waals surface area contributed by atoms with Crippen LogP contribution in [0.25, 0.3) is 0 Å². The van der Waals surface area contributed by atoms with Crippen LogP contribution in [0.5, 0.6) is 0 Å². The summed E-state index contributed by atoms with van der Waals surface area (Å²) in [5.74, 6) is 1.04. The summed E-state index contributed by atoms with van der Waals surface area (Å²) in [5.41, 5.74) is 2.79. The number of allylic oxidation sites excluding steroid dienone is 1. The molecule has 0 amide bonds. The van der Waals surface area contributed by atoms with Gasteiger partial charge in [0.05, 0.1) is 0 Å². The number of hydrogen-bond acceptors (Lipinski definition) is 0. The van der Waals surface area contributed by atoms with Crippen LogP contribution in [-0.4, -0.2) is 0 Å². The van der Waals surface area contributed by atoms with Gasteiger partial charge in [0.2, 0.25) is 0 Å². The van der Waals surface area contributed by atoms with Gasteiger partial charge in [-0.3, -0.25) is 0 Å². The molecule has 1 aromatic carbocycles. The Morgan fingerprint density at radius 2 is 2.14 bits per heavy atom. The van der Waals surface area contributed by atoms with Crippen molar-refractivity contribution in [2.45, 2.75) is 31.1 Å². The van der Waals surface area contributed by atoms with Gasteiger partial charge in [-0.15, -0.1) is 6.58 Å². The Morgan fingerprint density at radius 1 is 1.36 bits per heavy atom.